The summed E-state index contributed by atoms with van der Waals surface area (Å²) in [6.45, 7) is 6.49. The maximum absolute atomic E-state index is 11.1. The van der Waals surface area contributed by atoms with Crippen molar-refractivity contribution < 1.29 is 9.66 Å². The first-order valence-electron chi connectivity index (χ1n) is 5.53. The second kappa shape index (κ2) is 7.00. The van der Waals surface area contributed by atoms with Crippen LogP contribution in [0.5, 0.6) is 5.75 Å². The standard InChI is InChI=1S/C12H15BrN2O3/c1-3-7-18-11-6-4-5-10(12(11)15(16)17)14-8-9(2)13/h4-6,14H,2-3,7-8H2,1H3. The van der Waals surface area contributed by atoms with Crippen LogP contribution in [-0.2, 0) is 0 Å². The Morgan fingerprint density at radius 3 is 2.89 bits per heavy atom. The van der Waals surface area contributed by atoms with E-state index in [1.54, 1.807) is 18.2 Å². The van der Waals surface area contributed by atoms with Crippen LogP contribution < -0.4 is 10.1 Å². The Balaban J connectivity index is 3.01. The van der Waals surface area contributed by atoms with Gasteiger partial charge in [-0.05, 0) is 18.6 Å². The molecule has 1 aromatic carbocycles. The van der Waals surface area contributed by atoms with Crippen molar-refractivity contribution in [3.63, 3.8) is 0 Å². The van der Waals surface area contributed by atoms with E-state index in [1.165, 1.54) is 0 Å². The molecule has 0 fully saturated rings. The third kappa shape index (κ3) is 4.03. The Morgan fingerprint density at radius 1 is 1.61 bits per heavy atom. The molecule has 0 aliphatic rings. The fourth-order valence-corrected chi connectivity index (χ4v) is 1.51. The maximum atomic E-state index is 11.1. The lowest BCUT2D eigenvalue weighted by Gasteiger charge is -2.10. The summed E-state index contributed by atoms with van der Waals surface area (Å²) < 4.78 is 6.10. The minimum atomic E-state index is -0.440. The molecule has 1 N–H and O–H groups in total. The number of rotatable bonds is 7. The van der Waals surface area contributed by atoms with Crippen LogP contribution in [0, 0.1) is 10.1 Å². The summed E-state index contributed by atoms with van der Waals surface area (Å²) in [6.07, 6.45) is 0.799. The van der Waals surface area contributed by atoms with Gasteiger partial charge in [0.25, 0.3) is 0 Å². The van der Waals surface area contributed by atoms with E-state index in [9.17, 15) is 10.1 Å². The quantitative estimate of drug-likeness (QED) is 0.615. The summed E-state index contributed by atoms with van der Waals surface area (Å²) in [5.41, 5.74) is 0.383. The number of ether oxygens (including phenoxy) is 1. The first kappa shape index (κ1) is 14.5. The highest BCUT2D eigenvalue weighted by Crippen LogP contribution is 2.34. The molecule has 98 valence electrons. The third-order valence-corrected chi connectivity index (χ3v) is 2.39. The normalized spacial score (nSPS) is 9.89. The SMILES string of the molecule is C=C(Br)CNc1cccc(OCCC)c1[N+](=O)[O-]. The molecular weight excluding hydrogens is 300 g/mol. The smallest absolute Gasteiger partial charge is 0.333 e. The van der Waals surface area contributed by atoms with Crippen LogP contribution in [0.4, 0.5) is 11.4 Å². The summed E-state index contributed by atoms with van der Waals surface area (Å²) in [5, 5.41) is 14.0. The fourth-order valence-electron chi connectivity index (χ4n) is 1.37. The number of hydrogen-bond donors (Lipinski definition) is 1. The second-order valence-electron chi connectivity index (χ2n) is 3.63. The van der Waals surface area contributed by atoms with Crippen LogP contribution in [-0.4, -0.2) is 18.1 Å². The molecule has 0 atom stereocenters. The van der Waals surface area contributed by atoms with E-state index < -0.39 is 4.92 Å². The molecule has 0 bridgehead atoms. The fraction of sp³-hybridized carbons (Fsp3) is 0.333. The van der Waals surface area contributed by atoms with Gasteiger partial charge in [0.1, 0.15) is 5.69 Å². The van der Waals surface area contributed by atoms with Crippen LogP contribution in [0.2, 0.25) is 0 Å². The Kier molecular flexibility index (Phi) is 5.64. The van der Waals surface area contributed by atoms with E-state index in [2.05, 4.69) is 27.8 Å². The molecule has 0 heterocycles. The molecule has 5 nitrogen and oxygen atoms in total. The van der Waals surface area contributed by atoms with Gasteiger partial charge in [-0.3, -0.25) is 10.1 Å². The van der Waals surface area contributed by atoms with Gasteiger partial charge in [0.05, 0.1) is 11.5 Å². The summed E-state index contributed by atoms with van der Waals surface area (Å²) >= 11 is 3.20. The van der Waals surface area contributed by atoms with Crippen LogP contribution >= 0.6 is 15.9 Å². The van der Waals surface area contributed by atoms with E-state index >= 15 is 0 Å². The zero-order valence-electron chi connectivity index (χ0n) is 10.1. The van der Waals surface area contributed by atoms with E-state index in [0.717, 1.165) is 10.9 Å². The van der Waals surface area contributed by atoms with Crippen LogP contribution in [0.25, 0.3) is 0 Å². The molecule has 0 saturated heterocycles. The van der Waals surface area contributed by atoms with Crippen molar-refractivity contribution in [2.24, 2.45) is 0 Å². The highest BCUT2D eigenvalue weighted by molar-refractivity contribution is 9.11. The lowest BCUT2D eigenvalue weighted by atomic mass is 10.2. The van der Waals surface area contributed by atoms with E-state index in [-0.39, 0.29) is 11.4 Å². The van der Waals surface area contributed by atoms with Gasteiger partial charge < -0.3 is 10.1 Å². The Labute approximate surface area is 114 Å². The van der Waals surface area contributed by atoms with Crippen molar-refractivity contribution in [3.8, 4) is 5.75 Å². The molecule has 0 saturated carbocycles. The summed E-state index contributed by atoms with van der Waals surface area (Å²) in [6, 6.07) is 4.96. The van der Waals surface area contributed by atoms with Gasteiger partial charge in [-0.15, -0.1) is 0 Å². The lowest BCUT2D eigenvalue weighted by molar-refractivity contribution is -0.384. The molecule has 0 aliphatic heterocycles. The molecule has 1 aromatic rings. The first-order valence-corrected chi connectivity index (χ1v) is 6.33. The van der Waals surface area contributed by atoms with Crippen molar-refractivity contribution in [2.45, 2.75) is 13.3 Å². The van der Waals surface area contributed by atoms with Gasteiger partial charge in [0, 0.05) is 11.0 Å². The summed E-state index contributed by atoms with van der Waals surface area (Å²) in [5.74, 6) is 0.284. The molecule has 18 heavy (non-hydrogen) atoms. The van der Waals surface area contributed by atoms with Crippen molar-refractivity contribution in [2.75, 3.05) is 18.5 Å². The minimum Gasteiger partial charge on any atom is -0.487 e. The molecule has 0 spiro atoms. The number of hydrogen-bond acceptors (Lipinski definition) is 4. The first-order chi connectivity index (χ1) is 8.56. The molecule has 0 amide bonds. The van der Waals surface area contributed by atoms with E-state index in [1.807, 2.05) is 6.92 Å². The molecule has 1 rings (SSSR count). The van der Waals surface area contributed by atoms with Gasteiger partial charge >= 0.3 is 5.69 Å². The average Bonchev–Trinajstić information content (AvgIpc) is 2.33. The van der Waals surface area contributed by atoms with Gasteiger partial charge in [-0.2, -0.15) is 0 Å². The topological polar surface area (TPSA) is 64.4 Å². The molecular formula is C12H15BrN2O3. The zero-order valence-corrected chi connectivity index (χ0v) is 11.7. The molecule has 0 radical (unpaired) electrons. The maximum Gasteiger partial charge on any atom is 0.333 e. The molecule has 0 aliphatic carbocycles. The van der Waals surface area contributed by atoms with E-state index in [4.69, 9.17) is 4.74 Å². The lowest BCUT2D eigenvalue weighted by Crippen LogP contribution is -2.06. The summed E-state index contributed by atoms with van der Waals surface area (Å²) in [7, 11) is 0. The number of nitrogens with one attached hydrogen (secondary N) is 1. The Hall–Kier alpha value is -1.56. The Bertz CT molecular complexity index is 449. The number of halogens is 1. The molecule has 0 unspecified atom stereocenters. The molecule has 0 aromatic heterocycles. The van der Waals surface area contributed by atoms with Crippen molar-refractivity contribution in [3.05, 3.63) is 39.4 Å². The molecule has 6 heteroatoms. The highest BCUT2D eigenvalue weighted by atomic mass is 79.9. The van der Waals surface area contributed by atoms with Gasteiger partial charge in [0.2, 0.25) is 0 Å². The average molecular weight is 315 g/mol. The number of anilines is 1. The third-order valence-electron chi connectivity index (χ3n) is 2.11. The predicted molar refractivity (Wildman–Crippen MR) is 75.4 cm³/mol. The van der Waals surface area contributed by atoms with Crippen molar-refractivity contribution in [1.29, 1.82) is 0 Å². The van der Waals surface area contributed by atoms with Gasteiger partial charge in [-0.1, -0.05) is 35.5 Å². The minimum absolute atomic E-state index is 0.0419. The highest BCUT2D eigenvalue weighted by Gasteiger charge is 2.20. The van der Waals surface area contributed by atoms with Crippen LogP contribution in [0.3, 0.4) is 0 Å². The number of nitrogens with zero attached hydrogens (tertiary/aromatic N) is 1. The largest absolute Gasteiger partial charge is 0.487 e. The monoisotopic (exact) mass is 314 g/mol. The van der Waals surface area contributed by atoms with Crippen molar-refractivity contribution >= 4 is 27.3 Å². The van der Waals surface area contributed by atoms with Crippen molar-refractivity contribution in [1.82, 2.24) is 0 Å². The zero-order chi connectivity index (χ0) is 13.5. The van der Waals surface area contributed by atoms with Crippen LogP contribution in [0.15, 0.2) is 29.3 Å². The Morgan fingerprint density at radius 2 is 2.33 bits per heavy atom. The van der Waals surface area contributed by atoms with Gasteiger partial charge in [-0.25, -0.2) is 0 Å². The number of para-hydroxylation sites is 1. The second-order valence-corrected chi connectivity index (χ2v) is 4.75. The van der Waals surface area contributed by atoms with Gasteiger partial charge in [0.15, 0.2) is 5.75 Å². The number of benzene rings is 1. The van der Waals surface area contributed by atoms with E-state index in [0.29, 0.717) is 18.8 Å². The van der Waals surface area contributed by atoms with Crippen LogP contribution in [0.1, 0.15) is 13.3 Å². The number of nitro groups is 1. The number of nitro benzene ring substituents is 1. The summed E-state index contributed by atoms with van der Waals surface area (Å²) in [4.78, 5) is 10.7. The predicted octanol–water partition coefficient (Wildman–Crippen LogP) is 3.70.